The standard InChI is InChI=1S/C13H14N6O2/c14-10(13(20)21)5-8-6-19(7-12-15-17-18-16-12)11-4-2-1-3-9(8)11/h1-4,6,10H,5,7,14H2,(H,20,21)(H,15,16,17,18)/t10-/m0/s1. The molecule has 108 valence electrons. The Morgan fingerprint density at radius 2 is 2.24 bits per heavy atom. The molecular formula is C13H14N6O2. The predicted octanol–water partition coefficient (Wildman–Crippen LogP) is 0.157. The summed E-state index contributed by atoms with van der Waals surface area (Å²) in [5.41, 5.74) is 7.51. The van der Waals surface area contributed by atoms with Gasteiger partial charge in [0.1, 0.15) is 6.04 Å². The summed E-state index contributed by atoms with van der Waals surface area (Å²) < 4.78 is 1.96. The lowest BCUT2D eigenvalue weighted by Gasteiger charge is -2.04. The molecule has 1 atom stereocenters. The summed E-state index contributed by atoms with van der Waals surface area (Å²) >= 11 is 0. The number of carboxylic acid groups (broad SMARTS) is 1. The quantitative estimate of drug-likeness (QED) is 0.614. The number of aromatic amines is 1. The zero-order chi connectivity index (χ0) is 14.8. The van der Waals surface area contributed by atoms with Gasteiger partial charge in [-0.2, -0.15) is 5.21 Å². The van der Waals surface area contributed by atoms with Crippen molar-refractivity contribution >= 4 is 16.9 Å². The molecule has 0 bridgehead atoms. The summed E-state index contributed by atoms with van der Waals surface area (Å²) in [5, 5.41) is 23.7. The van der Waals surface area contributed by atoms with Crippen LogP contribution >= 0.6 is 0 Å². The summed E-state index contributed by atoms with van der Waals surface area (Å²) in [6.07, 6.45) is 2.17. The van der Waals surface area contributed by atoms with Crippen LogP contribution in [-0.4, -0.2) is 42.3 Å². The lowest BCUT2D eigenvalue weighted by Crippen LogP contribution is -2.32. The fourth-order valence-electron chi connectivity index (χ4n) is 2.34. The van der Waals surface area contributed by atoms with Gasteiger partial charge in [-0.15, -0.1) is 10.2 Å². The third-order valence-corrected chi connectivity index (χ3v) is 3.33. The maximum Gasteiger partial charge on any atom is 0.320 e. The first-order valence-electron chi connectivity index (χ1n) is 6.42. The van der Waals surface area contributed by atoms with Crippen LogP contribution in [0.25, 0.3) is 10.9 Å². The normalized spacial score (nSPS) is 12.6. The van der Waals surface area contributed by atoms with Crippen molar-refractivity contribution in [1.82, 2.24) is 25.2 Å². The molecule has 0 aliphatic carbocycles. The molecule has 3 aromatic rings. The van der Waals surface area contributed by atoms with Crippen molar-refractivity contribution in [2.24, 2.45) is 5.73 Å². The molecule has 8 nitrogen and oxygen atoms in total. The van der Waals surface area contributed by atoms with E-state index in [2.05, 4.69) is 20.6 Å². The third kappa shape index (κ3) is 2.61. The summed E-state index contributed by atoms with van der Waals surface area (Å²) in [6, 6.07) is 6.83. The minimum absolute atomic E-state index is 0.273. The van der Waals surface area contributed by atoms with Crippen LogP contribution in [0.5, 0.6) is 0 Å². The van der Waals surface area contributed by atoms with Gasteiger partial charge in [-0.3, -0.25) is 4.79 Å². The highest BCUT2D eigenvalue weighted by Gasteiger charge is 2.16. The Hall–Kier alpha value is -2.74. The van der Waals surface area contributed by atoms with Crippen LogP contribution in [0.1, 0.15) is 11.4 Å². The first kappa shape index (κ1) is 13.3. The van der Waals surface area contributed by atoms with Crippen molar-refractivity contribution in [2.75, 3.05) is 0 Å². The van der Waals surface area contributed by atoms with Gasteiger partial charge >= 0.3 is 5.97 Å². The molecular weight excluding hydrogens is 272 g/mol. The maximum atomic E-state index is 10.9. The van der Waals surface area contributed by atoms with Crippen LogP contribution < -0.4 is 5.73 Å². The third-order valence-electron chi connectivity index (χ3n) is 3.33. The average molecular weight is 286 g/mol. The first-order valence-corrected chi connectivity index (χ1v) is 6.42. The Balaban J connectivity index is 1.99. The van der Waals surface area contributed by atoms with Gasteiger partial charge in [-0.05, 0) is 11.6 Å². The summed E-state index contributed by atoms with van der Waals surface area (Å²) in [4.78, 5) is 10.9. The Labute approximate surface area is 119 Å². The van der Waals surface area contributed by atoms with Crippen LogP contribution in [0.15, 0.2) is 30.5 Å². The highest BCUT2D eigenvalue weighted by molar-refractivity contribution is 5.85. The number of aliphatic carboxylic acids is 1. The summed E-state index contributed by atoms with van der Waals surface area (Å²) in [5.74, 6) is -0.449. The molecule has 0 spiro atoms. The van der Waals surface area contributed by atoms with Gasteiger partial charge in [0.25, 0.3) is 0 Å². The van der Waals surface area contributed by atoms with E-state index in [1.165, 1.54) is 0 Å². The van der Waals surface area contributed by atoms with E-state index in [0.29, 0.717) is 12.4 Å². The number of hydrogen-bond donors (Lipinski definition) is 3. The Bertz CT molecular complexity index is 764. The second-order valence-electron chi connectivity index (χ2n) is 4.78. The van der Waals surface area contributed by atoms with Crippen molar-refractivity contribution in [3.8, 4) is 0 Å². The lowest BCUT2D eigenvalue weighted by molar-refractivity contribution is -0.138. The second-order valence-corrected chi connectivity index (χ2v) is 4.78. The maximum absolute atomic E-state index is 10.9. The number of tetrazole rings is 1. The van der Waals surface area contributed by atoms with Crippen LogP contribution in [0, 0.1) is 0 Å². The monoisotopic (exact) mass is 286 g/mol. The number of hydrogen-bond acceptors (Lipinski definition) is 5. The SMILES string of the molecule is N[C@@H](Cc1cn(Cc2nn[nH]n2)c2ccccc12)C(=O)O. The zero-order valence-electron chi connectivity index (χ0n) is 11.1. The number of nitrogens with one attached hydrogen (secondary N) is 1. The predicted molar refractivity (Wildman–Crippen MR) is 74.5 cm³/mol. The topological polar surface area (TPSA) is 123 Å². The number of nitrogens with zero attached hydrogens (tertiary/aromatic N) is 4. The molecule has 21 heavy (non-hydrogen) atoms. The molecule has 2 heterocycles. The number of H-pyrrole nitrogens is 1. The largest absolute Gasteiger partial charge is 0.480 e. The molecule has 0 aliphatic rings. The number of benzene rings is 1. The Morgan fingerprint density at radius 1 is 1.43 bits per heavy atom. The van der Waals surface area contributed by atoms with E-state index in [0.717, 1.165) is 16.5 Å². The molecule has 0 amide bonds. The molecule has 0 fully saturated rings. The van der Waals surface area contributed by atoms with Gasteiger partial charge in [0.05, 0.1) is 6.54 Å². The number of nitrogens with two attached hydrogens (primary N) is 1. The lowest BCUT2D eigenvalue weighted by atomic mass is 10.1. The van der Waals surface area contributed by atoms with E-state index < -0.39 is 12.0 Å². The first-order chi connectivity index (χ1) is 10.1. The number of carboxylic acids is 1. The molecule has 0 saturated heterocycles. The molecule has 1 aromatic carbocycles. The van der Waals surface area contributed by atoms with Gasteiger partial charge in [0.15, 0.2) is 5.82 Å². The number of aromatic nitrogens is 5. The minimum atomic E-state index is -1.01. The smallest absolute Gasteiger partial charge is 0.320 e. The second kappa shape index (κ2) is 5.33. The molecule has 4 N–H and O–H groups in total. The minimum Gasteiger partial charge on any atom is -0.480 e. The number of carbonyl (C=O) groups is 1. The van der Waals surface area contributed by atoms with E-state index in [-0.39, 0.29) is 6.42 Å². The molecule has 0 unspecified atom stereocenters. The number of para-hydroxylation sites is 1. The Kier molecular flexibility index (Phi) is 3.36. The van der Waals surface area contributed by atoms with Gasteiger partial charge in [0, 0.05) is 23.5 Å². The van der Waals surface area contributed by atoms with Gasteiger partial charge < -0.3 is 15.4 Å². The average Bonchev–Trinajstić information content (AvgIpc) is 3.09. The molecule has 0 saturated carbocycles. The van der Waals surface area contributed by atoms with Crippen molar-refractivity contribution in [3.05, 3.63) is 41.9 Å². The van der Waals surface area contributed by atoms with Gasteiger partial charge in [-0.1, -0.05) is 23.4 Å². The highest BCUT2D eigenvalue weighted by Crippen LogP contribution is 2.22. The fraction of sp³-hybridized carbons (Fsp3) is 0.231. The van der Waals surface area contributed by atoms with E-state index in [1.54, 1.807) is 0 Å². The van der Waals surface area contributed by atoms with E-state index in [4.69, 9.17) is 10.8 Å². The van der Waals surface area contributed by atoms with Crippen molar-refractivity contribution < 1.29 is 9.90 Å². The summed E-state index contributed by atoms with van der Waals surface area (Å²) in [6.45, 7) is 0.458. The van der Waals surface area contributed by atoms with E-state index in [1.807, 2.05) is 35.0 Å². The van der Waals surface area contributed by atoms with Gasteiger partial charge in [0.2, 0.25) is 0 Å². The summed E-state index contributed by atoms with van der Waals surface area (Å²) in [7, 11) is 0. The van der Waals surface area contributed by atoms with Crippen molar-refractivity contribution in [3.63, 3.8) is 0 Å². The van der Waals surface area contributed by atoms with Crippen molar-refractivity contribution in [2.45, 2.75) is 19.0 Å². The molecule has 0 aliphatic heterocycles. The van der Waals surface area contributed by atoms with Crippen LogP contribution in [0.2, 0.25) is 0 Å². The zero-order valence-corrected chi connectivity index (χ0v) is 11.1. The Morgan fingerprint density at radius 3 is 2.95 bits per heavy atom. The molecule has 2 aromatic heterocycles. The molecule has 8 heteroatoms. The van der Waals surface area contributed by atoms with Crippen LogP contribution in [-0.2, 0) is 17.8 Å². The van der Waals surface area contributed by atoms with Crippen molar-refractivity contribution in [1.29, 1.82) is 0 Å². The van der Waals surface area contributed by atoms with Crippen LogP contribution in [0.3, 0.4) is 0 Å². The van der Waals surface area contributed by atoms with E-state index in [9.17, 15) is 4.79 Å². The number of rotatable bonds is 5. The highest BCUT2D eigenvalue weighted by atomic mass is 16.4. The fourth-order valence-corrected chi connectivity index (χ4v) is 2.34. The molecule has 3 rings (SSSR count). The molecule has 0 radical (unpaired) electrons. The van der Waals surface area contributed by atoms with Crippen LogP contribution in [0.4, 0.5) is 0 Å². The van der Waals surface area contributed by atoms with E-state index >= 15 is 0 Å². The van der Waals surface area contributed by atoms with Gasteiger partial charge in [-0.25, -0.2) is 0 Å². The number of fused-ring (bicyclic) bond motifs is 1.